The van der Waals surface area contributed by atoms with Gasteiger partial charge in [-0.05, 0) is 54.7 Å². The quantitative estimate of drug-likeness (QED) is 0.341. The summed E-state index contributed by atoms with van der Waals surface area (Å²) in [5.74, 6) is -0.730. The molecule has 0 radical (unpaired) electrons. The molecule has 0 atom stereocenters. The Bertz CT molecular complexity index is 1040. The smallest absolute Gasteiger partial charge is 0.416 e. The first-order valence-electron chi connectivity index (χ1n) is 7.53. The number of anilines is 1. The van der Waals surface area contributed by atoms with Crippen molar-refractivity contribution < 1.29 is 22.7 Å². The summed E-state index contributed by atoms with van der Waals surface area (Å²) >= 11 is 4.98. The lowest BCUT2D eigenvalue weighted by molar-refractivity contribution is -0.137. The van der Waals surface area contributed by atoms with Crippen LogP contribution >= 0.6 is 12.2 Å². The average molecular weight is 396 g/mol. The molecule has 0 fully saturated rings. The van der Waals surface area contributed by atoms with Gasteiger partial charge in [0.2, 0.25) is 11.0 Å². The zero-order valence-electron chi connectivity index (χ0n) is 13.8. The van der Waals surface area contributed by atoms with Gasteiger partial charge in [0.1, 0.15) is 5.82 Å². The van der Waals surface area contributed by atoms with E-state index in [1.165, 1.54) is 34.9 Å². The monoisotopic (exact) mass is 396 g/mol. The van der Waals surface area contributed by atoms with Crippen molar-refractivity contribution in [3.8, 4) is 5.88 Å². The van der Waals surface area contributed by atoms with Gasteiger partial charge in [-0.2, -0.15) is 13.2 Å². The van der Waals surface area contributed by atoms with E-state index >= 15 is 0 Å². The van der Waals surface area contributed by atoms with Crippen LogP contribution in [-0.2, 0) is 13.2 Å². The Morgan fingerprint density at radius 1 is 1.15 bits per heavy atom. The molecule has 0 aliphatic rings. The van der Waals surface area contributed by atoms with Gasteiger partial charge in [0.25, 0.3) is 0 Å². The second kappa shape index (κ2) is 6.95. The minimum absolute atomic E-state index is 0.0311. The maximum atomic E-state index is 13.5. The molecule has 2 N–H and O–H groups in total. The predicted molar refractivity (Wildman–Crippen MR) is 96.7 cm³/mol. The third kappa shape index (κ3) is 3.90. The Labute approximate surface area is 155 Å². The molecule has 10 heteroatoms. The third-order valence-corrected chi connectivity index (χ3v) is 3.99. The van der Waals surface area contributed by atoms with Crippen LogP contribution in [-0.4, -0.2) is 14.8 Å². The van der Waals surface area contributed by atoms with Crippen LogP contribution in [0.2, 0.25) is 0 Å². The van der Waals surface area contributed by atoms with Crippen molar-refractivity contribution in [2.75, 3.05) is 5.32 Å². The standard InChI is InChI=1S/C17H12F4N4OS/c1-25-13-7-4-10(18)8-12(13)14(15(25)26)23-24-16(27)22-11-5-2-9(3-6-11)17(19,20)21/h2-8,26H,1H3,(H,22,27). The van der Waals surface area contributed by atoms with Gasteiger partial charge in [0.05, 0.1) is 11.1 Å². The number of nitrogens with zero attached hydrogens (tertiary/aromatic N) is 3. The lowest BCUT2D eigenvalue weighted by Gasteiger charge is -2.08. The maximum Gasteiger partial charge on any atom is 0.416 e. The highest BCUT2D eigenvalue weighted by atomic mass is 32.1. The first kappa shape index (κ1) is 18.8. The number of rotatable bonds is 2. The Morgan fingerprint density at radius 2 is 1.81 bits per heavy atom. The number of fused-ring (bicyclic) bond motifs is 1. The summed E-state index contributed by atoms with van der Waals surface area (Å²) in [6.45, 7) is 0. The third-order valence-electron chi connectivity index (χ3n) is 3.81. The van der Waals surface area contributed by atoms with Crippen LogP contribution in [0.4, 0.5) is 28.9 Å². The molecule has 0 bridgehead atoms. The van der Waals surface area contributed by atoms with E-state index in [4.69, 9.17) is 12.2 Å². The molecule has 3 rings (SSSR count). The van der Waals surface area contributed by atoms with Crippen LogP contribution in [0.3, 0.4) is 0 Å². The minimum Gasteiger partial charge on any atom is -0.493 e. The molecule has 140 valence electrons. The number of hydrogen-bond donors (Lipinski definition) is 2. The maximum absolute atomic E-state index is 13.5. The van der Waals surface area contributed by atoms with Crippen LogP contribution < -0.4 is 5.32 Å². The molecule has 5 nitrogen and oxygen atoms in total. The van der Waals surface area contributed by atoms with Crippen molar-refractivity contribution in [1.82, 2.24) is 4.57 Å². The lowest BCUT2D eigenvalue weighted by atomic mass is 10.2. The van der Waals surface area contributed by atoms with Gasteiger partial charge in [-0.15, -0.1) is 10.2 Å². The van der Waals surface area contributed by atoms with Gasteiger partial charge in [-0.25, -0.2) is 4.39 Å². The highest BCUT2D eigenvalue weighted by molar-refractivity contribution is 7.80. The number of aryl methyl sites for hydroxylation is 1. The van der Waals surface area contributed by atoms with Gasteiger partial charge in [0, 0.05) is 18.1 Å². The minimum atomic E-state index is -4.43. The summed E-state index contributed by atoms with van der Waals surface area (Å²) in [6, 6.07) is 8.16. The van der Waals surface area contributed by atoms with Crippen molar-refractivity contribution in [3.05, 3.63) is 53.8 Å². The number of aromatic nitrogens is 1. The van der Waals surface area contributed by atoms with Crippen LogP contribution in [0.15, 0.2) is 52.7 Å². The number of halogens is 4. The zero-order valence-corrected chi connectivity index (χ0v) is 14.6. The summed E-state index contributed by atoms with van der Waals surface area (Å²) in [7, 11) is 1.58. The lowest BCUT2D eigenvalue weighted by Crippen LogP contribution is -2.07. The van der Waals surface area contributed by atoms with E-state index in [0.717, 1.165) is 12.1 Å². The fraction of sp³-hybridized carbons (Fsp3) is 0.118. The highest BCUT2D eigenvalue weighted by Crippen LogP contribution is 2.38. The van der Waals surface area contributed by atoms with Crippen LogP contribution in [0.25, 0.3) is 10.9 Å². The van der Waals surface area contributed by atoms with E-state index in [9.17, 15) is 22.7 Å². The van der Waals surface area contributed by atoms with Crippen LogP contribution in [0.5, 0.6) is 5.88 Å². The molecule has 0 unspecified atom stereocenters. The number of hydrogen-bond acceptors (Lipinski definition) is 3. The molecule has 0 saturated heterocycles. The molecule has 0 aliphatic carbocycles. The molecule has 0 saturated carbocycles. The van der Waals surface area contributed by atoms with Gasteiger partial charge in [-0.1, -0.05) is 0 Å². The molecule has 0 amide bonds. The van der Waals surface area contributed by atoms with E-state index in [2.05, 4.69) is 15.5 Å². The highest BCUT2D eigenvalue weighted by Gasteiger charge is 2.29. The van der Waals surface area contributed by atoms with Gasteiger partial charge < -0.3 is 15.0 Å². The summed E-state index contributed by atoms with van der Waals surface area (Å²) in [5, 5.41) is 20.6. The van der Waals surface area contributed by atoms with Gasteiger partial charge >= 0.3 is 6.18 Å². The number of benzene rings is 2. The topological polar surface area (TPSA) is 61.9 Å². The van der Waals surface area contributed by atoms with Gasteiger partial charge in [0.15, 0.2) is 5.69 Å². The first-order valence-corrected chi connectivity index (χ1v) is 7.94. The number of alkyl halides is 3. The van der Waals surface area contributed by atoms with Crippen LogP contribution in [0.1, 0.15) is 5.56 Å². The molecular weight excluding hydrogens is 384 g/mol. The second-order valence-corrected chi connectivity index (χ2v) is 5.98. The van der Waals surface area contributed by atoms with E-state index in [1.807, 2.05) is 0 Å². The molecular formula is C17H12F4N4OS. The normalized spacial score (nSPS) is 12.0. The van der Waals surface area contributed by atoms with E-state index in [0.29, 0.717) is 16.6 Å². The summed E-state index contributed by atoms with van der Waals surface area (Å²) in [4.78, 5) is 0. The Hall–Kier alpha value is -3.01. The van der Waals surface area contributed by atoms with Crippen molar-refractivity contribution in [2.45, 2.75) is 6.18 Å². The molecule has 27 heavy (non-hydrogen) atoms. The zero-order chi connectivity index (χ0) is 19.8. The first-order chi connectivity index (χ1) is 12.7. The van der Waals surface area contributed by atoms with Gasteiger partial charge in [-0.3, -0.25) is 0 Å². The number of nitrogens with one attached hydrogen (secondary N) is 1. The summed E-state index contributed by atoms with van der Waals surface area (Å²) in [6.07, 6.45) is -4.43. The van der Waals surface area contributed by atoms with E-state index < -0.39 is 17.6 Å². The largest absolute Gasteiger partial charge is 0.493 e. The molecule has 3 aromatic rings. The fourth-order valence-electron chi connectivity index (χ4n) is 2.47. The van der Waals surface area contributed by atoms with Crippen LogP contribution in [0, 0.1) is 5.82 Å². The van der Waals surface area contributed by atoms with Crippen molar-refractivity contribution in [2.24, 2.45) is 17.3 Å². The molecule has 1 aromatic heterocycles. The molecule has 0 aliphatic heterocycles. The van der Waals surface area contributed by atoms with E-state index in [-0.39, 0.29) is 16.7 Å². The molecule has 2 aromatic carbocycles. The summed E-state index contributed by atoms with van der Waals surface area (Å²) in [5.41, 5.74) is 0.0801. The Morgan fingerprint density at radius 3 is 2.44 bits per heavy atom. The average Bonchev–Trinajstić information content (AvgIpc) is 2.83. The summed E-state index contributed by atoms with van der Waals surface area (Å²) < 4.78 is 52.6. The number of azo groups is 1. The molecule has 1 heterocycles. The van der Waals surface area contributed by atoms with Crippen molar-refractivity contribution >= 4 is 39.6 Å². The fourth-order valence-corrected chi connectivity index (χ4v) is 2.63. The van der Waals surface area contributed by atoms with Crippen molar-refractivity contribution in [3.63, 3.8) is 0 Å². The predicted octanol–water partition coefficient (Wildman–Crippen LogP) is 5.52. The second-order valence-electron chi connectivity index (χ2n) is 5.60. The molecule has 0 spiro atoms. The van der Waals surface area contributed by atoms with Crippen molar-refractivity contribution in [1.29, 1.82) is 0 Å². The SMILES string of the molecule is Cn1c(O)c(N=NC(=S)Nc2ccc(C(F)(F)F)cc2)c2cc(F)ccc21. The number of thiocarbonyl (C=S) groups is 1. The number of aromatic hydroxyl groups is 1. The Balaban J connectivity index is 1.80. The van der Waals surface area contributed by atoms with E-state index in [1.54, 1.807) is 7.05 Å². The Kier molecular flexibility index (Phi) is 4.83.